The van der Waals surface area contributed by atoms with Crippen molar-refractivity contribution in [2.75, 3.05) is 6.54 Å². The summed E-state index contributed by atoms with van der Waals surface area (Å²) < 4.78 is 0. The molecule has 2 N–H and O–H groups in total. The molecule has 0 aromatic rings. The van der Waals surface area contributed by atoms with Gasteiger partial charge in [-0.15, -0.1) is 0 Å². The molecule has 1 rings (SSSR count). The molecule has 0 aromatic heterocycles. The summed E-state index contributed by atoms with van der Waals surface area (Å²) in [5.41, 5.74) is 8.19. The average Bonchev–Trinajstić information content (AvgIpc) is 2.21. The van der Waals surface area contributed by atoms with E-state index >= 15 is 0 Å². The number of rotatable bonds is 4. The Labute approximate surface area is 83.3 Å². The lowest BCUT2D eigenvalue weighted by molar-refractivity contribution is 0.101. The van der Waals surface area contributed by atoms with Crippen LogP contribution >= 0.6 is 0 Å². The smallest absolute Gasteiger partial charge is 0.0540 e. The molecule has 0 radical (unpaired) electrons. The lowest BCUT2D eigenvalue weighted by atomic mass is 9.79. The minimum absolute atomic E-state index is 0.0541. The van der Waals surface area contributed by atoms with Gasteiger partial charge in [0.05, 0.1) is 6.10 Å². The molecule has 78 valence electrons. The van der Waals surface area contributed by atoms with Crippen LogP contribution in [0.1, 0.15) is 25.7 Å². The first kappa shape index (κ1) is 11.0. The number of nitrogens with one attached hydrogen (secondary N) is 1. The lowest BCUT2D eigenvalue weighted by Crippen LogP contribution is -2.26. The van der Waals surface area contributed by atoms with Crippen LogP contribution in [0.15, 0.2) is 5.11 Å². The van der Waals surface area contributed by atoms with Gasteiger partial charge in [0.15, 0.2) is 0 Å². The number of hydrogen-bond acceptors (Lipinski definition) is 3. The van der Waals surface area contributed by atoms with Gasteiger partial charge in [-0.25, -0.2) is 0 Å². The van der Waals surface area contributed by atoms with E-state index in [0.29, 0.717) is 12.5 Å². The van der Waals surface area contributed by atoms with E-state index < -0.39 is 0 Å². The second-order valence-corrected chi connectivity index (χ2v) is 3.81. The van der Waals surface area contributed by atoms with Gasteiger partial charge in [-0.3, -0.25) is 0 Å². The van der Waals surface area contributed by atoms with Crippen molar-refractivity contribution in [2.24, 2.45) is 17.0 Å². The molecule has 1 fully saturated rings. The molecule has 1 atom stereocenters. The zero-order valence-electron chi connectivity index (χ0n) is 8.13. The highest BCUT2D eigenvalue weighted by molar-refractivity contribution is 5.57. The molecule has 0 saturated heterocycles. The SMILES string of the molecule is [N-]=[N+]=NCC(C=N)C1CCC(O)CC1. The van der Waals surface area contributed by atoms with E-state index in [2.05, 4.69) is 10.0 Å². The van der Waals surface area contributed by atoms with Crippen LogP contribution in [0.2, 0.25) is 0 Å². The third-order valence-electron chi connectivity index (χ3n) is 2.92. The van der Waals surface area contributed by atoms with Crippen LogP contribution in [0.3, 0.4) is 0 Å². The quantitative estimate of drug-likeness (QED) is 0.306. The summed E-state index contributed by atoms with van der Waals surface area (Å²) in [6.45, 7) is 0.376. The van der Waals surface area contributed by atoms with Gasteiger partial charge >= 0.3 is 0 Å². The minimum atomic E-state index is -0.169. The van der Waals surface area contributed by atoms with Crippen LogP contribution in [0.5, 0.6) is 0 Å². The van der Waals surface area contributed by atoms with Crippen molar-refractivity contribution in [3.63, 3.8) is 0 Å². The van der Waals surface area contributed by atoms with E-state index in [4.69, 9.17) is 10.9 Å². The predicted molar refractivity (Wildman–Crippen MR) is 54.3 cm³/mol. The molecular weight excluding hydrogens is 180 g/mol. The fraction of sp³-hybridized carbons (Fsp3) is 0.889. The summed E-state index contributed by atoms with van der Waals surface area (Å²) in [6, 6.07) is 0. The molecule has 0 spiro atoms. The van der Waals surface area contributed by atoms with Crippen LogP contribution in [0.25, 0.3) is 10.4 Å². The average molecular weight is 196 g/mol. The van der Waals surface area contributed by atoms with E-state index in [0.717, 1.165) is 25.7 Å². The van der Waals surface area contributed by atoms with Crippen molar-refractivity contribution in [1.29, 1.82) is 5.41 Å². The fourth-order valence-corrected chi connectivity index (χ4v) is 2.00. The topological polar surface area (TPSA) is 92.8 Å². The second kappa shape index (κ2) is 5.62. The minimum Gasteiger partial charge on any atom is -0.393 e. The molecule has 1 aliphatic rings. The Morgan fingerprint density at radius 1 is 1.50 bits per heavy atom. The Morgan fingerprint density at radius 3 is 2.64 bits per heavy atom. The van der Waals surface area contributed by atoms with E-state index in [-0.39, 0.29) is 12.0 Å². The van der Waals surface area contributed by atoms with Crippen molar-refractivity contribution < 1.29 is 5.11 Å². The van der Waals surface area contributed by atoms with Crippen LogP contribution in [0, 0.1) is 17.2 Å². The molecule has 0 amide bonds. The zero-order valence-corrected chi connectivity index (χ0v) is 8.13. The molecular formula is C9H16N4O. The van der Waals surface area contributed by atoms with Gasteiger partial charge in [0.2, 0.25) is 0 Å². The van der Waals surface area contributed by atoms with Gasteiger partial charge in [-0.1, -0.05) is 5.11 Å². The first-order chi connectivity index (χ1) is 6.77. The highest BCUT2D eigenvalue weighted by Crippen LogP contribution is 2.29. The summed E-state index contributed by atoms with van der Waals surface area (Å²) in [7, 11) is 0. The molecule has 0 aromatic carbocycles. The molecule has 0 heterocycles. The van der Waals surface area contributed by atoms with Crippen LogP contribution in [-0.2, 0) is 0 Å². The number of azide groups is 1. The van der Waals surface area contributed by atoms with Crippen LogP contribution in [-0.4, -0.2) is 24.0 Å². The maximum atomic E-state index is 9.32. The van der Waals surface area contributed by atoms with Gasteiger partial charge in [-0.2, -0.15) is 0 Å². The molecule has 14 heavy (non-hydrogen) atoms. The Hall–Kier alpha value is -1.06. The Balaban J connectivity index is 2.44. The summed E-state index contributed by atoms with van der Waals surface area (Å²) in [4.78, 5) is 2.71. The van der Waals surface area contributed by atoms with E-state index in [1.54, 1.807) is 0 Å². The zero-order chi connectivity index (χ0) is 10.4. The number of hydrogen-bond donors (Lipinski definition) is 2. The largest absolute Gasteiger partial charge is 0.393 e. The third kappa shape index (κ3) is 3.01. The van der Waals surface area contributed by atoms with Gasteiger partial charge in [-0.05, 0) is 43.3 Å². The van der Waals surface area contributed by atoms with Gasteiger partial charge in [0.25, 0.3) is 0 Å². The van der Waals surface area contributed by atoms with Gasteiger partial charge in [0.1, 0.15) is 0 Å². The van der Waals surface area contributed by atoms with Crippen LogP contribution < -0.4 is 0 Å². The highest BCUT2D eigenvalue weighted by Gasteiger charge is 2.24. The van der Waals surface area contributed by atoms with Crippen LogP contribution in [0.4, 0.5) is 0 Å². The highest BCUT2D eigenvalue weighted by atomic mass is 16.3. The molecule has 1 aliphatic carbocycles. The normalized spacial score (nSPS) is 28.9. The first-order valence-corrected chi connectivity index (χ1v) is 4.97. The van der Waals surface area contributed by atoms with Crippen molar-refractivity contribution in [2.45, 2.75) is 31.8 Å². The van der Waals surface area contributed by atoms with Crippen molar-refractivity contribution in [3.05, 3.63) is 10.4 Å². The molecule has 1 saturated carbocycles. The monoisotopic (exact) mass is 196 g/mol. The van der Waals surface area contributed by atoms with E-state index in [1.807, 2.05) is 0 Å². The summed E-state index contributed by atoms with van der Waals surface area (Å²) in [6.07, 6.45) is 4.69. The second-order valence-electron chi connectivity index (χ2n) is 3.81. The predicted octanol–water partition coefficient (Wildman–Crippen LogP) is 2.11. The summed E-state index contributed by atoms with van der Waals surface area (Å²) in [5, 5.41) is 20.1. The van der Waals surface area contributed by atoms with E-state index in [9.17, 15) is 5.11 Å². The van der Waals surface area contributed by atoms with Crippen molar-refractivity contribution in [3.8, 4) is 0 Å². The standard InChI is InChI=1S/C9H16N4O/c10-5-8(6-12-13-11)7-1-3-9(14)4-2-7/h5,7-10,14H,1-4,6H2. The number of aliphatic hydroxyl groups is 1. The molecule has 0 bridgehead atoms. The molecule has 5 nitrogen and oxygen atoms in total. The molecule has 5 heteroatoms. The van der Waals surface area contributed by atoms with Crippen molar-refractivity contribution >= 4 is 6.21 Å². The number of nitrogens with zero attached hydrogens (tertiary/aromatic N) is 3. The first-order valence-electron chi connectivity index (χ1n) is 4.97. The Kier molecular flexibility index (Phi) is 4.43. The number of aliphatic hydroxyl groups excluding tert-OH is 1. The maximum Gasteiger partial charge on any atom is 0.0540 e. The summed E-state index contributed by atoms with van der Waals surface area (Å²) >= 11 is 0. The summed E-state index contributed by atoms with van der Waals surface area (Å²) in [5.74, 6) is 0.458. The fourth-order valence-electron chi connectivity index (χ4n) is 2.00. The van der Waals surface area contributed by atoms with Gasteiger partial charge in [0, 0.05) is 17.4 Å². The molecule has 0 aliphatic heterocycles. The third-order valence-corrected chi connectivity index (χ3v) is 2.92. The molecule has 1 unspecified atom stereocenters. The Bertz CT molecular complexity index is 229. The lowest BCUT2D eigenvalue weighted by Gasteiger charge is -2.29. The maximum absolute atomic E-state index is 9.32. The Morgan fingerprint density at radius 2 is 2.14 bits per heavy atom. The van der Waals surface area contributed by atoms with Gasteiger partial charge < -0.3 is 10.5 Å². The van der Waals surface area contributed by atoms with E-state index in [1.165, 1.54) is 6.21 Å². The van der Waals surface area contributed by atoms with Crippen molar-refractivity contribution in [1.82, 2.24) is 0 Å².